The summed E-state index contributed by atoms with van der Waals surface area (Å²) >= 11 is 11.6. The van der Waals surface area contributed by atoms with Crippen LogP contribution in [0.1, 0.15) is 6.92 Å². The van der Waals surface area contributed by atoms with Crippen LogP contribution in [-0.4, -0.2) is 6.21 Å². The standard InChI is InChI=1S/C8H7Cl2N/c1-2-11-8-6(9)4-3-5-7(8)10/h2-5H,1H3/b11-2-. The highest BCUT2D eigenvalue weighted by Gasteiger charge is 2.00. The van der Waals surface area contributed by atoms with Gasteiger partial charge in [-0.2, -0.15) is 0 Å². The molecule has 1 aromatic rings. The summed E-state index contributed by atoms with van der Waals surface area (Å²) in [6, 6.07) is 5.31. The van der Waals surface area contributed by atoms with Gasteiger partial charge in [-0.1, -0.05) is 29.3 Å². The summed E-state index contributed by atoms with van der Waals surface area (Å²) in [5.74, 6) is 0. The number of hydrogen-bond donors (Lipinski definition) is 0. The van der Waals surface area contributed by atoms with Gasteiger partial charge < -0.3 is 0 Å². The molecule has 0 aromatic heterocycles. The van der Waals surface area contributed by atoms with Crippen molar-refractivity contribution >= 4 is 35.1 Å². The third kappa shape index (κ3) is 1.95. The van der Waals surface area contributed by atoms with Crippen LogP contribution in [-0.2, 0) is 0 Å². The number of aliphatic imine (C=N–C) groups is 1. The van der Waals surface area contributed by atoms with Gasteiger partial charge in [0, 0.05) is 6.21 Å². The first-order valence-electron chi connectivity index (χ1n) is 3.18. The molecule has 0 aliphatic carbocycles. The Bertz CT molecular complexity index is 261. The van der Waals surface area contributed by atoms with Crippen molar-refractivity contribution in [1.29, 1.82) is 0 Å². The second-order valence-electron chi connectivity index (χ2n) is 1.96. The Balaban J connectivity index is 3.20. The first-order valence-corrected chi connectivity index (χ1v) is 3.94. The Morgan fingerprint density at radius 2 is 1.82 bits per heavy atom. The summed E-state index contributed by atoms with van der Waals surface area (Å²) in [5, 5.41) is 1.16. The normalized spacial score (nSPS) is 10.8. The molecule has 0 N–H and O–H groups in total. The Kier molecular flexibility index (Phi) is 2.92. The summed E-state index contributed by atoms with van der Waals surface area (Å²) in [6.07, 6.45) is 1.66. The molecule has 11 heavy (non-hydrogen) atoms. The molecule has 0 aliphatic heterocycles. The van der Waals surface area contributed by atoms with Crippen molar-refractivity contribution in [2.45, 2.75) is 6.92 Å². The molecule has 58 valence electrons. The topological polar surface area (TPSA) is 12.4 Å². The summed E-state index contributed by atoms with van der Waals surface area (Å²) < 4.78 is 0. The van der Waals surface area contributed by atoms with E-state index in [0.29, 0.717) is 15.7 Å². The molecule has 0 atom stereocenters. The van der Waals surface area contributed by atoms with Gasteiger partial charge in [-0.05, 0) is 19.1 Å². The number of nitrogens with zero attached hydrogens (tertiary/aromatic N) is 1. The van der Waals surface area contributed by atoms with Crippen LogP contribution >= 0.6 is 23.2 Å². The van der Waals surface area contributed by atoms with Crippen molar-refractivity contribution in [2.24, 2.45) is 4.99 Å². The highest BCUT2D eigenvalue weighted by Crippen LogP contribution is 2.31. The summed E-state index contributed by atoms with van der Waals surface area (Å²) in [6.45, 7) is 1.82. The SMILES string of the molecule is C/C=N\c1c(Cl)cccc1Cl. The second-order valence-corrected chi connectivity index (χ2v) is 2.77. The molecule has 0 amide bonds. The summed E-state index contributed by atoms with van der Waals surface area (Å²) in [5.41, 5.74) is 0.637. The first-order chi connectivity index (χ1) is 5.25. The quantitative estimate of drug-likeness (QED) is 0.595. The lowest BCUT2D eigenvalue weighted by Crippen LogP contribution is -1.70. The fourth-order valence-electron chi connectivity index (χ4n) is 0.741. The molecule has 1 nitrogen and oxygen atoms in total. The van der Waals surface area contributed by atoms with Crippen molar-refractivity contribution in [2.75, 3.05) is 0 Å². The van der Waals surface area contributed by atoms with Crippen LogP contribution in [0.5, 0.6) is 0 Å². The Morgan fingerprint density at radius 1 is 1.27 bits per heavy atom. The Labute approximate surface area is 75.7 Å². The van der Waals surface area contributed by atoms with Crippen LogP contribution in [0.15, 0.2) is 23.2 Å². The largest absolute Gasteiger partial charge is 0.258 e. The number of benzene rings is 1. The van der Waals surface area contributed by atoms with Gasteiger partial charge in [0.25, 0.3) is 0 Å². The lowest BCUT2D eigenvalue weighted by atomic mass is 10.3. The Hall–Kier alpha value is -0.530. The average Bonchev–Trinajstić information content (AvgIpc) is 1.97. The molecule has 0 fully saturated rings. The molecular weight excluding hydrogens is 181 g/mol. The van der Waals surface area contributed by atoms with E-state index < -0.39 is 0 Å². The lowest BCUT2D eigenvalue weighted by molar-refractivity contribution is 1.53. The van der Waals surface area contributed by atoms with Gasteiger partial charge in [0.1, 0.15) is 0 Å². The van der Waals surface area contributed by atoms with Gasteiger partial charge in [0.05, 0.1) is 15.7 Å². The minimum atomic E-state index is 0.579. The van der Waals surface area contributed by atoms with E-state index in [0.717, 1.165) is 0 Å². The van der Waals surface area contributed by atoms with E-state index in [1.54, 1.807) is 24.4 Å². The zero-order chi connectivity index (χ0) is 8.27. The van der Waals surface area contributed by atoms with Crippen molar-refractivity contribution in [3.63, 3.8) is 0 Å². The van der Waals surface area contributed by atoms with E-state index in [2.05, 4.69) is 4.99 Å². The number of hydrogen-bond acceptors (Lipinski definition) is 1. The molecule has 0 saturated heterocycles. The third-order valence-electron chi connectivity index (χ3n) is 1.20. The number of para-hydroxylation sites is 1. The van der Waals surface area contributed by atoms with Crippen molar-refractivity contribution in [3.8, 4) is 0 Å². The van der Waals surface area contributed by atoms with Crippen LogP contribution < -0.4 is 0 Å². The van der Waals surface area contributed by atoms with Gasteiger partial charge in [-0.15, -0.1) is 0 Å². The zero-order valence-electron chi connectivity index (χ0n) is 6.01. The van der Waals surface area contributed by atoms with E-state index >= 15 is 0 Å². The zero-order valence-corrected chi connectivity index (χ0v) is 7.52. The second kappa shape index (κ2) is 3.74. The minimum Gasteiger partial charge on any atom is -0.258 e. The molecule has 0 spiro atoms. The van der Waals surface area contributed by atoms with Crippen LogP contribution in [0.3, 0.4) is 0 Å². The lowest BCUT2D eigenvalue weighted by Gasteiger charge is -1.98. The van der Waals surface area contributed by atoms with Crippen LogP contribution in [0.4, 0.5) is 5.69 Å². The van der Waals surface area contributed by atoms with Gasteiger partial charge in [-0.25, -0.2) is 0 Å². The van der Waals surface area contributed by atoms with E-state index in [4.69, 9.17) is 23.2 Å². The van der Waals surface area contributed by atoms with Crippen molar-refractivity contribution < 1.29 is 0 Å². The van der Waals surface area contributed by atoms with Crippen LogP contribution in [0.2, 0.25) is 10.0 Å². The third-order valence-corrected chi connectivity index (χ3v) is 1.81. The molecule has 0 radical (unpaired) electrons. The van der Waals surface area contributed by atoms with Crippen LogP contribution in [0.25, 0.3) is 0 Å². The molecule has 1 aromatic carbocycles. The molecular formula is C8H7Cl2N. The smallest absolute Gasteiger partial charge is 0.0997 e. The van der Waals surface area contributed by atoms with Crippen molar-refractivity contribution in [3.05, 3.63) is 28.2 Å². The van der Waals surface area contributed by atoms with Crippen molar-refractivity contribution in [1.82, 2.24) is 0 Å². The maximum Gasteiger partial charge on any atom is 0.0997 e. The minimum absolute atomic E-state index is 0.579. The molecule has 0 unspecified atom stereocenters. The van der Waals surface area contributed by atoms with E-state index in [9.17, 15) is 0 Å². The molecule has 0 heterocycles. The van der Waals surface area contributed by atoms with Gasteiger partial charge >= 0.3 is 0 Å². The highest BCUT2D eigenvalue weighted by molar-refractivity contribution is 6.38. The maximum atomic E-state index is 5.81. The fourth-order valence-corrected chi connectivity index (χ4v) is 1.24. The molecule has 1 rings (SSSR count). The number of halogens is 2. The summed E-state index contributed by atoms with van der Waals surface area (Å²) in [4.78, 5) is 4.02. The average molecular weight is 188 g/mol. The van der Waals surface area contributed by atoms with E-state index in [-0.39, 0.29) is 0 Å². The molecule has 3 heteroatoms. The van der Waals surface area contributed by atoms with Gasteiger partial charge in [-0.3, -0.25) is 4.99 Å². The van der Waals surface area contributed by atoms with Gasteiger partial charge in [0.15, 0.2) is 0 Å². The first kappa shape index (κ1) is 8.57. The summed E-state index contributed by atoms with van der Waals surface area (Å²) in [7, 11) is 0. The number of rotatable bonds is 1. The highest BCUT2D eigenvalue weighted by atomic mass is 35.5. The maximum absolute atomic E-state index is 5.81. The predicted octanol–water partition coefficient (Wildman–Crippen LogP) is 3.72. The Morgan fingerprint density at radius 3 is 2.27 bits per heavy atom. The molecule has 0 saturated carbocycles. The fraction of sp³-hybridized carbons (Fsp3) is 0.125. The molecule has 0 bridgehead atoms. The van der Waals surface area contributed by atoms with Crippen LogP contribution in [0, 0.1) is 0 Å². The van der Waals surface area contributed by atoms with Gasteiger partial charge in [0.2, 0.25) is 0 Å². The predicted molar refractivity (Wildman–Crippen MR) is 50.3 cm³/mol. The monoisotopic (exact) mass is 187 g/mol. The van der Waals surface area contributed by atoms with E-state index in [1.165, 1.54) is 0 Å². The molecule has 0 aliphatic rings. The van der Waals surface area contributed by atoms with E-state index in [1.807, 2.05) is 6.92 Å².